The standard InChI is InChI=1S/C21H27BrN2O2/c1-14-8-6-7-11-24(14)13-18-10-5-4-9-17(18)12-23-21(25)19-15(2)26-16(3)20(19)22/h4-5,9-10,14H,6-8,11-13H2,1-3H3,(H,23,25). The van der Waals surface area contributed by atoms with E-state index in [0.717, 1.165) is 23.3 Å². The first-order chi connectivity index (χ1) is 12.5. The Hall–Kier alpha value is -1.59. The second kappa shape index (κ2) is 8.40. The van der Waals surface area contributed by atoms with Crippen LogP contribution in [0.5, 0.6) is 0 Å². The molecule has 1 unspecified atom stereocenters. The number of hydrogen-bond acceptors (Lipinski definition) is 3. The van der Waals surface area contributed by atoms with Crippen LogP contribution in [0.4, 0.5) is 0 Å². The fourth-order valence-electron chi connectivity index (χ4n) is 3.68. The third-order valence-corrected chi connectivity index (χ3v) is 6.24. The van der Waals surface area contributed by atoms with E-state index >= 15 is 0 Å². The van der Waals surface area contributed by atoms with Gasteiger partial charge in [0.25, 0.3) is 5.91 Å². The van der Waals surface area contributed by atoms with E-state index in [1.54, 1.807) is 0 Å². The number of carbonyl (C=O) groups excluding carboxylic acids is 1. The van der Waals surface area contributed by atoms with Crippen LogP contribution in [0.25, 0.3) is 0 Å². The van der Waals surface area contributed by atoms with Gasteiger partial charge >= 0.3 is 0 Å². The number of piperidine rings is 1. The Labute approximate surface area is 164 Å². The number of rotatable bonds is 5. The van der Waals surface area contributed by atoms with E-state index in [4.69, 9.17) is 4.42 Å². The van der Waals surface area contributed by atoms with Gasteiger partial charge in [-0.3, -0.25) is 9.69 Å². The smallest absolute Gasteiger partial charge is 0.256 e. The first kappa shape index (κ1) is 19.2. The van der Waals surface area contributed by atoms with Crippen molar-refractivity contribution in [3.05, 3.63) is 56.9 Å². The van der Waals surface area contributed by atoms with Gasteiger partial charge < -0.3 is 9.73 Å². The second-order valence-corrected chi connectivity index (χ2v) is 7.96. The fraction of sp³-hybridized carbons (Fsp3) is 0.476. The zero-order valence-corrected chi connectivity index (χ0v) is 17.4. The lowest BCUT2D eigenvalue weighted by Gasteiger charge is -2.33. The Morgan fingerprint density at radius 1 is 1.23 bits per heavy atom. The number of carbonyl (C=O) groups is 1. The van der Waals surface area contributed by atoms with Crippen molar-refractivity contribution in [3.8, 4) is 0 Å². The molecule has 0 spiro atoms. The van der Waals surface area contributed by atoms with Crippen molar-refractivity contribution in [1.82, 2.24) is 10.2 Å². The van der Waals surface area contributed by atoms with E-state index in [1.165, 1.54) is 30.4 Å². The molecule has 0 bridgehead atoms. The molecule has 1 N–H and O–H groups in total. The third-order valence-electron chi connectivity index (χ3n) is 5.29. The van der Waals surface area contributed by atoms with E-state index in [2.05, 4.69) is 51.3 Å². The summed E-state index contributed by atoms with van der Waals surface area (Å²) in [5.41, 5.74) is 3.05. The number of amides is 1. The van der Waals surface area contributed by atoms with Crippen molar-refractivity contribution in [1.29, 1.82) is 0 Å². The Kier molecular flexibility index (Phi) is 6.20. The topological polar surface area (TPSA) is 45.5 Å². The highest BCUT2D eigenvalue weighted by atomic mass is 79.9. The van der Waals surface area contributed by atoms with Crippen molar-refractivity contribution in [3.63, 3.8) is 0 Å². The Balaban J connectivity index is 1.69. The van der Waals surface area contributed by atoms with E-state index in [1.807, 2.05) is 19.9 Å². The molecule has 1 aromatic heterocycles. The van der Waals surface area contributed by atoms with E-state index in [-0.39, 0.29) is 5.91 Å². The Bertz CT molecular complexity index is 784. The Morgan fingerprint density at radius 3 is 2.62 bits per heavy atom. The molecular weight excluding hydrogens is 392 g/mol. The van der Waals surface area contributed by atoms with E-state index in [0.29, 0.717) is 23.9 Å². The number of furan rings is 1. The van der Waals surface area contributed by atoms with Gasteiger partial charge in [-0.1, -0.05) is 30.7 Å². The zero-order valence-electron chi connectivity index (χ0n) is 15.8. The van der Waals surface area contributed by atoms with Crippen molar-refractivity contribution >= 4 is 21.8 Å². The number of nitrogens with zero attached hydrogens (tertiary/aromatic N) is 1. The van der Waals surface area contributed by atoms with Gasteiger partial charge in [-0.2, -0.15) is 0 Å². The first-order valence-electron chi connectivity index (χ1n) is 9.32. The summed E-state index contributed by atoms with van der Waals surface area (Å²) in [5, 5.41) is 3.05. The maximum atomic E-state index is 12.6. The van der Waals surface area contributed by atoms with Crippen LogP contribution in [0.2, 0.25) is 0 Å². The largest absolute Gasteiger partial charge is 0.465 e. The molecule has 1 atom stereocenters. The molecule has 1 fully saturated rings. The van der Waals surface area contributed by atoms with Crippen LogP contribution in [0.1, 0.15) is 59.2 Å². The molecule has 1 aromatic carbocycles. The minimum Gasteiger partial charge on any atom is -0.465 e. The maximum absolute atomic E-state index is 12.6. The lowest BCUT2D eigenvalue weighted by atomic mass is 10.0. The SMILES string of the molecule is Cc1oc(C)c(C(=O)NCc2ccccc2CN2CCCCC2C)c1Br. The molecule has 1 aliphatic rings. The summed E-state index contributed by atoms with van der Waals surface area (Å²) in [7, 11) is 0. The molecule has 26 heavy (non-hydrogen) atoms. The van der Waals surface area contributed by atoms with Crippen LogP contribution in [-0.2, 0) is 13.1 Å². The highest BCUT2D eigenvalue weighted by Gasteiger charge is 2.21. The minimum absolute atomic E-state index is 0.104. The van der Waals surface area contributed by atoms with Crippen LogP contribution in [-0.4, -0.2) is 23.4 Å². The van der Waals surface area contributed by atoms with Crippen LogP contribution in [0.15, 0.2) is 33.2 Å². The van der Waals surface area contributed by atoms with Crippen molar-refractivity contribution < 1.29 is 9.21 Å². The monoisotopic (exact) mass is 418 g/mol. The normalized spacial score (nSPS) is 18.1. The lowest BCUT2D eigenvalue weighted by Crippen LogP contribution is -2.37. The first-order valence-corrected chi connectivity index (χ1v) is 10.1. The molecule has 3 rings (SSSR count). The number of nitrogens with one attached hydrogen (secondary N) is 1. The average Bonchev–Trinajstić information content (AvgIpc) is 2.88. The third kappa shape index (κ3) is 4.21. The minimum atomic E-state index is -0.104. The molecule has 1 amide bonds. The highest BCUT2D eigenvalue weighted by Crippen LogP contribution is 2.27. The van der Waals surface area contributed by atoms with E-state index < -0.39 is 0 Å². The second-order valence-electron chi connectivity index (χ2n) is 7.17. The Morgan fingerprint density at radius 2 is 1.96 bits per heavy atom. The molecule has 140 valence electrons. The number of likely N-dealkylation sites (tertiary alicyclic amines) is 1. The van der Waals surface area contributed by atoms with Crippen molar-refractivity contribution in [2.45, 2.75) is 59.2 Å². The van der Waals surface area contributed by atoms with Crippen molar-refractivity contribution in [2.24, 2.45) is 0 Å². The van der Waals surface area contributed by atoms with Gasteiger partial charge in [0.1, 0.15) is 11.5 Å². The molecular formula is C21H27BrN2O2. The quantitative estimate of drug-likeness (QED) is 0.745. The fourth-order valence-corrected chi connectivity index (χ4v) is 4.22. The van der Waals surface area contributed by atoms with Gasteiger partial charge in [0.05, 0.1) is 10.0 Å². The maximum Gasteiger partial charge on any atom is 0.256 e. The molecule has 5 heteroatoms. The number of aryl methyl sites for hydroxylation is 2. The van der Waals surface area contributed by atoms with Gasteiger partial charge in [-0.25, -0.2) is 0 Å². The summed E-state index contributed by atoms with van der Waals surface area (Å²) in [6.45, 7) is 8.60. The summed E-state index contributed by atoms with van der Waals surface area (Å²) < 4.78 is 6.28. The number of halogens is 1. The van der Waals surface area contributed by atoms with Gasteiger partial charge in [0.15, 0.2) is 0 Å². The van der Waals surface area contributed by atoms with Gasteiger partial charge in [0, 0.05) is 19.1 Å². The summed E-state index contributed by atoms with van der Waals surface area (Å²) in [4.78, 5) is 15.2. The van der Waals surface area contributed by atoms with Gasteiger partial charge in [0.2, 0.25) is 0 Å². The van der Waals surface area contributed by atoms with Gasteiger partial charge in [-0.15, -0.1) is 0 Å². The van der Waals surface area contributed by atoms with Crippen LogP contribution in [0, 0.1) is 13.8 Å². The molecule has 0 radical (unpaired) electrons. The molecule has 0 saturated carbocycles. The van der Waals surface area contributed by atoms with Gasteiger partial charge in [-0.05, 0) is 67.2 Å². The molecule has 1 aliphatic heterocycles. The highest BCUT2D eigenvalue weighted by molar-refractivity contribution is 9.10. The van der Waals surface area contributed by atoms with Crippen LogP contribution >= 0.6 is 15.9 Å². The molecule has 2 aromatic rings. The molecule has 4 nitrogen and oxygen atoms in total. The molecule has 0 aliphatic carbocycles. The predicted molar refractivity (Wildman–Crippen MR) is 107 cm³/mol. The zero-order chi connectivity index (χ0) is 18.7. The van der Waals surface area contributed by atoms with Crippen molar-refractivity contribution in [2.75, 3.05) is 6.54 Å². The summed E-state index contributed by atoms with van der Waals surface area (Å²) in [5.74, 6) is 1.27. The van der Waals surface area contributed by atoms with E-state index in [9.17, 15) is 4.79 Å². The predicted octanol–water partition coefficient (Wildman–Crippen LogP) is 4.96. The molecule has 1 saturated heterocycles. The summed E-state index contributed by atoms with van der Waals surface area (Å²) in [6, 6.07) is 9.01. The lowest BCUT2D eigenvalue weighted by molar-refractivity contribution is 0.0948. The summed E-state index contributed by atoms with van der Waals surface area (Å²) >= 11 is 3.45. The number of hydrogen-bond donors (Lipinski definition) is 1. The van der Waals surface area contributed by atoms with Crippen LogP contribution < -0.4 is 5.32 Å². The van der Waals surface area contributed by atoms with Crippen LogP contribution in [0.3, 0.4) is 0 Å². The molecule has 2 heterocycles. The number of benzene rings is 1. The summed E-state index contributed by atoms with van der Waals surface area (Å²) in [6.07, 6.45) is 3.87. The average molecular weight is 419 g/mol.